The number of urea groups is 1. The van der Waals surface area contributed by atoms with E-state index in [0.29, 0.717) is 17.9 Å². The van der Waals surface area contributed by atoms with E-state index in [2.05, 4.69) is 5.32 Å². The van der Waals surface area contributed by atoms with E-state index in [1.165, 1.54) is 24.3 Å². The molecule has 3 aromatic carbocycles. The van der Waals surface area contributed by atoms with Gasteiger partial charge in [0, 0.05) is 0 Å². The van der Waals surface area contributed by atoms with Gasteiger partial charge < -0.3 is 9.84 Å². The van der Waals surface area contributed by atoms with E-state index in [1.54, 1.807) is 24.3 Å². The van der Waals surface area contributed by atoms with Crippen LogP contribution in [0.3, 0.4) is 0 Å². The van der Waals surface area contributed by atoms with Gasteiger partial charge >= 0.3 is 6.03 Å². The van der Waals surface area contributed by atoms with Crippen LogP contribution in [0.5, 0.6) is 11.5 Å². The van der Waals surface area contributed by atoms with Gasteiger partial charge in [0.1, 0.15) is 23.7 Å². The first-order valence-corrected chi connectivity index (χ1v) is 9.97. The third kappa shape index (κ3) is 4.48. The summed E-state index contributed by atoms with van der Waals surface area (Å²) in [6.45, 7) is 0.375. The lowest BCUT2D eigenvalue weighted by atomic mass is 10.1. The zero-order valence-electron chi connectivity index (χ0n) is 16.6. The molecule has 0 aromatic heterocycles. The fourth-order valence-corrected chi connectivity index (χ4v) is 3.29. The number of carbonyl (C=O) groups excluding carboxylic acids is 3. The third-order valence-electron chi connectivity index (χ3n) is 4.73. The lowest BCUT2D eigenvalue weighted by Gasteiger charge is -2.26. The minimum Gasteiger partial charge on any atom is -0.506 e. The predicted molar refractivity (Wildman–Crippen MR) is 119 cm³/mol. The van der Waals surface area contributed by atoms with Crippen LogP contribution in [0.4, 0.5) is 10.5 Å². The van der Waals surface area contributed by atoms with Gasteiger partial charge in [0.05, 0.1) is 10.7 Å². The van der Waals surface area contributed by atoms with Gasteiger partial charge in [-0.05, 0) is 53.6 Å². The van der Waals surface area contributed by atoms with Crippen molar-refractivity contribution in [1.82, 2.24) is 5.32 Å². The quantitative estimate of drug-likeness (QED) is 0.448. The number of phenols is 1. The van der Waals surface area contributed by atoms with Crippen molar-refractivity contribution in [2.45, 2.75) is 6.61 Å². The molecule has 3 aromatic rings. The molecule has 1 aliphatic heterocycles. The first kappa shape index (κ1) is 21.1. The standard InChI is InChI=1S/C24H17ClN2O5/c25-20-13-16(6-11-21(20)28)12-19-22(29)26-24(31)27(23(19)30)17-7-9-18(10-8-17)32-14-15-4-2-1-3-5-15/h1-13,28H,14H2,(H,26,29,31)/b19-12+. The fourth-order valence-electron chi connectivity index (χ4n) is 3.10. The van der Waals surface area contributed by atoms with Crippen molar-refractivity contribution in [1.29, 1.82) is 0 Å². The van der Waals surface area contributed by atoms with Gasteiger partial charge in [-0.2, -0.15) is 0 Å². The second kappa shape index (κ2) is 8.95. The monoisotopic (exact) mass is 448 g/mol. The molecular weight excluding hydrogens is 432 g/mol. The van der Waals surface area contributed by atoms with Gasteiger partial charge in [0.25, 0.3) is 11.8 Å². The summed E-state index contributed by atoms with van der Waals surface area (Å²) in [5.41, 5.74) is 1.47. The number of benzene rings is 3. The number of hydrogen-bond acceptors (Lipinski definition) is 5. The van der Waals surface area contributed by atoms with Gasteiger partial charge in [0.2, 0.25) is 0 Å². The highest BCUT2D eigenvalue weighted by molar-refractivity contribution is 6.39. The first-order chi connectivity index (χ1) is 15.4. The predicted octanol–water partition coefficient (Wildman–Crippen LogP) is 4.29. The Hall–Kier alpha value is -4.10. The van der Waals surface area contributed by atoms with E-state index >= 15 is 0 Å². The maximum atomic E-state index is 13.0. The number of halogens is 1. The highest BCUT2D eigenvalue weighted by Gasteiger charge is 2.36. The molecule has 0 atom stereocenters. The van der Waals surface area contributed by atoms with Gasteiger partial charge in [-0.15, -0.1) is 0 Å². The zero-order valence-corrected chi connectivity index (χ0v) is 17.4. The Kier molecular flexibility index (Phi) is 5.91. The molecule has 7 nitrogen and oxygen atoms in total. The highest BCUT2D eigenvalue weighted by Crippen LogP contribution is 2.27. The Bertz CT molecular complexity index is 1220. The van der Waals surface area contributed by atoms with Crippen LogP contribution in [0.1, 0.15) is 11.1 Å². The zero-order chi connectivity index (χ0) is 22.7. The van der Waals surface area contributed by atoms with E-state index < -0.39 is 17.8 Å². The maximum absolute atomic E-state index is 13.0. The van der Waals surface area contributed by atoms with Crippen LogP contribution in [0.25, 0.3) is 6.08 Å². The number of amides is 4. The minimum absolute atomic E-state index is 0.0713. The molecule has 4 rings (SSSR count). The molecule has 2 N–H and O–H groups in total. The van der Waals surface area contributed by atoms with Crippen molar-refractivity contribution in [3.8, 4) is 11.5 Å². The van der Waals surface area contributed by atoms with Crippen molar-refractivity contribution in [3.63, 3.8) is 0 Å². The SMILES string of the molecule is O=C1NC(=O)N(c2ccc(OCc3ccccc3)cc2)C(=O)/C1=C/c1ccc(O)c(Cl)c1. The summed E-state index contributed by atoms with van der Waals surface area (Å²) < 4.78 is 5.72. The number of hydrogen-bond donors (Lipinski definition) is 2. The van der Waals surface area contributed by atoms with E-state index in [0.717, 1.165) is 10.5 Å². The Morgan fingerprint density at radius 2 is 1.69 bits per heavy atom. The van der Waals surface area contributed by atoms with Gasteiger partial charge in [-0.1, -0.05) is 48.0 Å². The minimum atomic E-state index is -0.848. The van der Waals surface area contributed by atoms with E-state index in [4.69, 9.17) is 16.3 Å². The number of rotatable bonds is 5. The van der Waals surface area contributed by atoms with E-state index in [-0.39, 0.29) is 22.0 Å². The smallest absolute Gasteiger partial charge is 0.335 e. The number of carbonyl (C=O) groups is 3. The maximum Gasteiger partial charge on any atom is 0.335 e. The Morgan fingerprint density at radius 1 is 0.969 bits per heavy atom. The van der Waals surface area contributed by atoms with Crippen molar-refractivity contribution in [2.24, 2.45) is 0 Å². The molecule has 0 aliphatic carbocycles. The number of imide groups is 2. The number of ether oxygens (including phenoxy) is 1. The van der Waals surface area contributed by atoms with Crippen LogP contribution in [0.2, 0.25) is 5.02 Å². The number of aromatic hydroxyl groups is 1. The normalized spacial score (nSPS) is 15.1. The van der Waals surface area contributed by atoms with Crippen molar-refractivity contribution in [2.75, 3.05) is 4.90 Å². The molecule has 32 heavy (non-hydrogen) atoms. The van der Waals surface area contributed by atoms with Gasteiger partial charge in [-0.25, -0.2) is 9.69 Å². The molecule has 1 fully saturated rings. The molecule has 0 spiro atoms. The number of anilines is 1. The summed E-state index contributed by atoms with van der Waals surface area (Å²) in [7, 11) is 0. The van der Waals surface area contributed by atoms with Crippen LogP contribution in [0.15, 0.2) is 78.4 Å². The lowest BCUT2D eigenvalue weighted by molar-refractivity contribution is -0.122. The Morgan fingerprint density at radius 3 is 2.38 bits per heavy atom. The van der Waals surface area contributed by atoms with Crippen LogP contribution in [-0.2, 0) is 16.2 Å². The van der Waals surface area contributed by atoms with Crippen molar-refractivity contribution in [3.05, 3.63) is 94.5 Å². The molecule has 1 heterocycles. The highest BCUT2D eigenvalue weighted by atomic mass is 35.5. The van der Waals surface area contributed by atoms with Gasteiger partial charge in [0.15, 0.2) is 0 Å². The molecule has 8 heteroatoms. The van der Waals surface area contributed by atoms with Crippen LogP contribution in [-0.4, -0.2) is 23.0 Å². The molecule has 160 valence electrons. The second-order valence-electron chi connectivity index (χ2n) is 6.94. The Balaban J connectivity index is 1.55. The Labute approximate surface area is 188 Å². The molecule has 0 radical (unpaired) electrons. The molecule has 1 saturated heterocycles. The van der Waals surface area contributed by atoms with Crippen LogP contribution in [0, 0.1) is 0 Å². The first-order valence-electron chi connectivity index (χ1n) is 9.59. The van der Waals surface area contributed by atoms with E-state index in [9.17, 15) is 19.5 Å². The summed E-state index contributed by atoms with van der Waals surface area (Å²) in [5, 5.41) is 11.8. The summed E-state index contributed by atoms with van der Waals surface area (Å²) >= 11 is 5.89. The van der Waals surface area contributed by atoms with Gasteiger partial charge in [-0.3, -0.25) is 14.9 Å². The largest absolute Gasteiger partial charge is 0.506 e. The number of phenolic OH excluding ortho intramolecular Hbond substituents is 1. The summed E-state index contributed by atoms with van der Waals surface area (Å²) in [6, 6.07) is 19.4. The second-order valence-corrected chi connectivity index (χ2v) is 7.34. The summed E-state index contributed by atoms with van der Waals surface area (Å²) in [6.07, 6.45) is 1.31. The van der Waals surface area contributed by atoms with Crippen molar-refractivity contribution < 1.29 is 24.2 Å². The topological polar surface area (TPSA) is 95.9 Å². The van der Waals surface area contributed by atoms with Crippen LogP contribution < -0.4 is 15.0 Å². The summed E-state index contributed by atoms with van der Waals surface area (Å²) in [4.78, 5) is 38.5. The average Bonchev–Trinajstić information content (AvgIpc) is 2.79. The fraction of sp³-hybridized carbons (Fsp3) is 0.0417. The molecule has 0 bridgehead atoms. The summed E-state index contributed by atoms with van der Waals surface area (Å²) in [5.74, 6) is -1.16. The van der Waals surface area contributed by atoms with E-state index in [1.807, 2.05) is 30.3 Å². The van der Waals surface area contributed by atoms with Crippen molar-refractivity contribution >= 4 is 41.2 Å². The van der Waals surface area contributed by atoms with Crippen LogP contribution >= 0.6 is 11.6 Å². The number of nitrogens with zero attached hydrogens (tertiary/aromatic N) is 1. The number of nitrogens with one attached hydrogen (secondary N) is 1. The number of barbiturate groups is 1. The molecule has 0 unspecified atom stereocenters. The third-order valence-corrected chi connectivity index (χ3v) is 5.03. The molecular formula is C24H17ClN2O5. The molecule has 4 amide bonds. The molecule has 0 saturated carbocycles. The molecule has 1 aliphatic rings. The lowest BCUT2D eigenvalue weighted by Crippen LogP contribution is -2.54. The average molecular weight is 449 g/mol.